The third kappa shape index (κ3) is 4.55. The van der Waals surface area contributed by atoms with Gasteiger partial charge in [-0.25, -0.2) is 0 Å². The van der Waals surface area contributed by atoms with Gasteiger partial charge in [-0.1, -0.05) is 37.3 Å². The van der Waals surface area contributed by atoms with E-state index in [1.54, 1.807) is 13.1 Å². The van der Waals surface area contributed by atoms with E-state index in [9.17, 15) is 14.4 Å². The van der Waals surface area contributed by atoms with Crippen LogP contribution in [0.2, 0.25) is 0 Å². The summed E-state index contributed by atoms with van der Waals surface area (Å²) in [7, 11) is 1.56. The second-order valence-electron chi connectivity index (χ2n) is 7.66. The van der Waals surface area contributed by atoms with E-state index in [-0.39, 0.29) is 17.7 Å². The highest BCUT2D eigenvalue weighted by molar-refractivity contribution is 6.02. The number of benzene rings is 2. The van der Waals surface area contributed by atoms with Crippen molar-refractivity contribution >= 4 is 17.7 Å². The fraction of sp³-hybridized carbons (Fsp3) is 0.375. The zero-order valence-electron chi connectivity index (χ0n) is 18.2. The highest BCUT2D eigenvalue weighted by Gasteiger charge is 2.43. The summed E-state index contributed by atoms with van der Waals surface area (Å²) >= 11 is 0. The molecule has 7 heteroatoms. The van der Waals surface area contributed by atoms with Gasteiger partial charge in [0.25, 0.3) is 11.8 Å². The summed E-state index contributed by atoms with van der Waals surface area (Å²) in [6.07, 6.45) is 1.38. The fourth-order valence-electron chi connectivity index (χ4n) is 4.00. The summed E-state index contributed by atoms with van der Waals surface area (Å²) in [5, 5.41) is 8.21. The van der Waals surface area contributed by atoms with Crippen LogP contribution in [-0.4, -0.2) is 44.5 Å². The number of nitrogens with one attached hydrogen (secondary N) is 3. The molecule has 1 atom stereocenters. The Morgan fingerprint density at radius 1 is 1.03 bits per heavy atom. The van der Waals surface area contributed by atoms with Crippen molar-refractivity contribution in [1.29, 1.82) is 0 Å². The Morgan fingerprint density at radius 2 is 1.74 bits per heavy atom. The van der Waals surface area contributed by atoms with Crippen molar-refractivity contribution in [1.82, 2.24) is 16.0 Å². The first-order valence-corrected chi connectivity index (χ1v) is 10.5. The Labute approximate surface area is 182 Å². The Kier molecular flexibility index (Phi) is 6.95. The van der Waals surface area contributed by atoms with Crippen LogP contribution in [0.15, 0.2) is 42.5 Å². The van der Waals surface area contributed by atoms with E-state index in [2.05, 4.69) is 35.0 Å². The van der Waals surface area contributed by atoms with Crippen LogP contribution < -0.4 is 20.7 Å². The van der Waals surface area contributed by atoms with Crippen molar-refractivity contribution in [3.63, 3.8) is 0 Å². The number of fused-ring (bicyclic) bond motifs is 1. The number of hydrogen-bond donors (Lipinski definition) is 3. The smallest absolute Gasteiger partial charge is 0.254 e. The zero-order chi connectivity index (χ0) is 22.4. The molecule has 0 bridgehead atoms. The Hall–Kier alpha value is -3.35. The molecular formula is C24H29N3O4. The average molecular weight is 424 g/mol. The van der Waals surface area contributed by atoms with Crippen LogP contribution in [-0.2, 0) is 10.2 Å². The first kappa shape index (κ1) is 22.3. The van der Waals surface area contributed by atoms with E-state index in [4.69, 9.17) is 4.74 Å². The molecule has 1 aliphatic heterocycles. The SMILES string of the molecule is CCC1(c2ccccc2)COc2c(C(=O)NC)cc(C(=O)NCCCNC(C)=O)cc21. The average Bonchev–Trinajstić information content (AvgIpc) is 3.17. The Balaban J connectivity index is 1.95. The van der Waals surface area contributed by atoms with Crippen molar-refractivity contribution in [2.45, 2.75) is 32.1 Å². The molecule has 0 saturated heterocycles. The lowest BCUT2D eigenvalue weighted by Gasteiger charge is -2.27. The molecule has 0 fully saturated rings. The van der Waals surface area contributed by atoms with Crippen LogP contribution in [0.4, 0.5) is 0 Å². The lowest BCUT2D eigenvalue weighted by atomic mass is 9.73. The molecule has 3 N–H and O–H groups in total. The van der Waals surface area contributed by atoms with Crippen LogP contribution in [0.1, 0.15) is 58.5 Å². The van der Waals surface area contributed by atoms with Gasteiger partial charge < -0.3 is 20.7 Å². The molecule has 0 saturated carbocycles. The van der Waals surface area contributed by atoms with Gasteiger partial charge in [-0.05, 0) is 30.5 Å². The van der Waals surface area contributed by atoms with Crippen LogP contribution in [0.25, 0.3) is 0 Å². The summed E-state index contributed by atoms with van der Waals surface area (Å²) < 4.78 is 6.05. The van der Waals surface area contributed by atoms with E-state index in [1.807, 2.05) is 24.3 Å². The quantitative estimate of drug-likeness (QED) is 0.568. The minimum absolute atomic E-state index is 0.100. The molecule has 2 aromatic rings. The van der Waals surface area contributed by atoms with Crippen molar-refractivity contribution in [2.75, 3.05) is 26.7 Å². The van der Waals surface area contributed by atoms with Crippen LogP contribution in [0, 0.1) is 0 Å². The van der Waals surface area contributed by atoms with Gasteiger partial charge in [0.15, 0.2) is 0 Å². The number of ether oxygens (including phenoxy) is 1. The minimum Gasteiger partial charge on any atom is -0.491 e. The van der Waals surface area contributed by atoms with Crippen LogP contribution in [0.5, 0.6) is 5.75 Å². The first-order chi connectivity index (χ1) is 14.9. The third-order valence-electron chi connectivity index (χ3n) is 5.74. The van der Waals surface area contributed by atoms with Gasteiger partial charge in [0.2, 0.25) is 5.91 Å². The summed E-state index contributed by atoms with van der Waals surface area (Å²) in [4.78, 5) is 36.4. The molecule has 1 unspecified atom stereocenters. The molecule has 0 spiro atoms. The minimum atomic E-state index is -0.430. The van der Waals surface area contributed by atoms with Crippen molar-refractivity contribution in [3.05, 3.63) is 64.7 Å². The summed E-state index contributed by atoms with van der Waals surface area (Å²) in [6, 6.07) is 13.5. The molecule has 3 rings (SSSR count). The maximum Gasteiger partial charge on any atom is 0.254 e. The topological polar surface area (TPSA) is 96.5 Å². The van der Waals surface area contributed by atoms with Crippen molar-refractivity contribution in [2.24, 2.45) is 0 Å². The molecule has 1 aliphatic rings. The van der Waals surface area contributed by atoms with E-state index < -0.39 is 5.41 Å². The predicted molar refractivity (Wildman–Crippen MR) is 118 cm³/mol. The molecule has 31 heavy (non-hydrogen) atoms. The van der Waals surface area contributed by atoms with Gasteiger partial charge in [0.05, 0.1) is 11.0 Å². The van der Waals surface area contributed by atoms with Crippen LogP contribution >= 0.6 is 0 Å². The molecule has 7 nitrogen and oxygen atoms in total. The first-order valence-electron chi connectivity index (χ1n) is 10.5. The zero-order valence-corrected chi connectivity index (χ0v) is 18.2. The molecule has 0 aromatic heterocycles. The summed E-state index contributed by atoms with van der Waals surface area (Å²) in [5.74, 6) is -0.124. The molecule has 2 aromatic carbocycles. The van der Waals surface area contributed by atoms with Crippen molar-refractivity contribution < 1.29 is 19.1 Å². The fourth-order valence-corrected chi connectivity index (χ4v) is 4.00. The van der Waals surface area contributed by atoms with E-state index in [0.29, 0.717) is 43.0 Å². The largest absolute Gasteiger partial charge is 0.491 e. The van der Waals surface area contributed by atoms with Crippen LogP contribution in [0.3, 0.4) is 0 Å². The van der Waals surface area contributed by atoms with Gasteiger partial charge in [0, 0.05) is 38.2 Å². The molecule has 3 amide bonds. The predicted octanol–water partition coefficient (Wildman–Crippen LogP) is 2.39. The molecule has 0 radical (unpaired) electrons. The number of rotatable bonds is 8. The standard InChI is InChI=1S/C24H29N3O4/c1-4-24(18-9-6-5-7-10-18)15-31-21-19(23(30)25-3)13-17(14-20(21)24)22(29)27-12-8-11-26-16(2)28/h5-7,9-10,13-14H,4,8,11-12,15H2,1-3H3,(H,25,30)(H,26,28)(H,27,29). The van der Waals surface area contributed by atoms with E-state index in [1.165, 1.54) is 6.92 Å². The maximum absolute atomic E-state index is 12.9. The second kappa shape index (κ2) is 9.64. The monoisotopic (exact) mass is 423 g/mol. The molecular weight excluding hydrogens is 394 g/mol. The highest BCUT2D eigenvalue weighted by atomic mass is 16.5. The molecule has 164 valence electrons. The van der Waals surface area contributed by atoms with E-state index in [0.717, 1.165) is 17.5 Å². The maximum atomic E-state index is 12.9. The second-order valence-corrected chi connectivity index (χ2v) is 7.66. The molecule has 0 aliphatic carbocycles. The summed E-state index contributed by atoms with van der Waals surface area (Å²) in [6.45, 7) is 4.86. The highest BCUT2D eigenvalue weighted by Crippen LogP contribution is 2.47. The van der Waals surface area contributed by atoms with Crippen molar-refractivity contribution in [3.8, 4) is 5.75 Å². The van der Waals surface area contributed by atoms with Gasteiger partial charge in [-0.2, -0.15) is 0 Å². The van der Waals surface area contributed by atoms with Gasteiger partial charge >= 0.3 is 0 Å². The normalized spacial score (nSPS) is 16.7. The van der Waals surface area contributed by atoms with Gasteiger partial charge in [0.1, 0.15) is 12.4 Å². The number of carbonyl (C=O) groups excluding carboxylic acids is 3. The molecule has 1 heterocycles. The Morgan fingerprint density at radius 3 is 2.39 bits per heavy atom. The lowest BCUT2D eigenvalue weighted by Crippen LogP contribution is -2.30. The number of carbonyl (C=O) groups is 3. The number of hydrogen-bond acceptors (Lipinski definition) is 4. The van der Waals surface area contributed by atoms with Gasteiger partial charge in [-0.15, -0.1) is 0 Å². The van der Waals surface area contributed by atoms with Gasteiger partial charge in [-0.3, -0.25) is 14.4 Å². The lowest BCUT2D eigenvalue weighted by molar-refractivity contribution is -0.118. The number of amides is 3. The summed E-state index contributed by atoms with van der Waals surface area (Å²) in [5.41, 5.74) is 2.28. The third-order valence-corrected chi connectivity index (χ3v) is 5.74. The Bertz CT molecular complexity index is 974. The van der Waals surface area contributed by atoms with E-state index >= 15 is 0 Å².